The van der Waals surface area contributed by atoms with E-state index in [1.165, 1.54) is 0 Å². The number of aliphatic hydroxyl groups is 1. The summed E-state index contributed by atoms with van der Waals surface area (Å²) in [7, 11) is 0. The summed E-state index contributed by atoms with van der Waals surface area (Å²) in [6.07, 6.45) is 1.67. The highest BCUT2D eigenvalue weighted by molar-refractivity contribution is 6.30. The van der Waals surface area contributed by atoms with Crippen LogP contribution in [0, 0.1) is 0 Å². The number of aliphatic hydroxyl groups excluding tert-OH is 1. The van der Waals surface area contributed by atoms with Gasteiger partial charge in [0.05, 0.1) is 13.0 Å². The lowest BCUT2D eigenvalue weighted by Gasteiger charge is -2.15. The van der Waals surface area contributed by atoms with E-state index >= 15 is 0 Å². The maximum atomic E-state index is 11.6. The molecule has 2 N–H and O–H groups in total. The van der Waals surface area contributed by atoms with Crippen molar-refractivity contribution in [3.8, 4) is 5.75 Å². The highest BCUT2D eigenvalue weighted by Crippen LogP contribution is 2.17. The number of rotatable bonds is 8. The molecule has 1 unspecified atom stereocenters. The lowest BCUT2D eigenvalue weighted by molar-refractivity contribution is -0.122. The fraction of sp³-hybridized carbons (Fsp3) is 0.500. The molecule has 0 heterocycles. The zero-order valence-corrected chi connectivity index (χ0v) is 11.8. The molecule has 19 heavy (non-hydrogen) atoms. The van der Waals surface area contributed by atoms with Crippen LogP contribution in [0.1, 0.15) is 26.2 Å². The van der Waals surface area contributed by atoms with E-state index in [2.05, 4.69) is 5.32 Å². The molecule has 0 spiro atoms. The molecule has 1 amide bonds. The Morgan fingerprint density at radius 3 is 2.95 bits per heavy atom. The average molecular weight is 286 g/mol. The zero-order valence-electron chi connectivity index (χ0n) is 11.1. The average Bonchev–Trinajstić information content (AvgIpc) is 2.38. The molecule has 106 valence electrons. The highest BCUT2D eigenvalue weighted by Gasteiger charge is 2.09. The van der Waals surface area contributed by atoms with E-state index in [-0.39, 0.29) is 25.0 Å². The first kappa shape index (κ1) is 15.8. The minimum Gasteiger partial charge on any atom is -0.493 e. The number of carbonyl (C=O) groups is 1. The Labute approximate surface area is 118 Å². The van der Waals surface area contributed by atoms with Crippen LogP contribution in [0.2, 0.25) is 5.02 Å². The van der Waals surface area contributed by atoms with Crippen LogP contribution in [0.5, 0.6) is 5.75 Å². The topological polar surface area (TPSA) is 58.6 Å². The number of hydrogen-bond donors (Lipinski definition) is 2. The van der Waals surface area contributed by atoms with Crippen molar-refractivity contribution < 1.29 is 14.6 Å². The monoisotopic (exact) mass is 285 g/mol. The Hall–Kier alpha value is -1.26. The van der Waals surface area contributed by atoms with Crippen LogP contribution in [0.4, 0.5) is 0 Å². The molecule has 1 rings (SSSR count). The van der Waals surface area contributed by atoms with Gasteiger partial charge < -0.3 is 15.2 Å². The van der Waals surface area contributed by atoms with Gasteiger partial charge in [0.25, 0.3) is 0 Å². The molecule has 5 heteroatoms. The standard InChI is InChI=1S/C14H20ClNO3/c1-2-12(6-8-17)16-14(18)7-9-19-13-5-3-4-11(15)10-13/h3-5,10,12,17H,2,6-9H2,1H3,(H,16,18). The van der Waals surface area contributed by atoms with Crippen molar-refractivity contribution in [3.05, 3.63) is 29.3 Å². The number of halogens is 1. The fourth-order valence-electron chi connectivity index (χ4n) is 1.65. The van der Waals surface area contributed by atoms with Crippen molar-refractivity contribution in [1.82, 2.24) is 5.32 Å². The Bertz CT molecular complexity index is 398. The van der Waals surface area contributed by atoms with E-state index in [9.17, 15) is 4.79 Å². The van der Waals surface area contributed by atoms with E-state index < -0.39 is 0 Å². The predicted octanol–water partition coefficient (Wildman–Crippen LogP) is 2.39. The van der Waals surface area contributed by atoms with E-state index in [1.807, 2.05) is 6.92 Å². The number of carbonyl (C=O) groups excluding carboxylic acids is 1. The van der Waals surface area contributed by atoms with E-state index in [0.29, 0.717) is 23.8 Å². The molecule has 0 radical (unpaired) electrons. The summed E-state index contributed by atoms with van der Waals surface area (Å²) in [5, 5.41) is 12.3. The van der Waals surface area contributed by atoms with Crippen molar-refractivity contribution in [2.45, 2.75) is 32.2 Å². The van der Waals surface area contributed by atoms with Gasteiger partial charge in [0, 0.05) is 17.7 Å². The van der Waals surface area contributed by atoms with Gasteiger partial charge in [-0.05, 0) is 31.0 Å². The minimum atomic E-state index is -0.0673. The van der Waals surface area contributed by atoms with Crippen molar-refractivity contribution in [2.75, 3.05) is 13.2 Å². The molecule has 1 atom stereocenters. The molecule has 1 aromatic carbocycles. The maximum Gasteiger partial charge on any atom is 0.223 e. The quantitative estimate of drug-likeness (QED) is 0.771. The van der Waals surface area contributed by atoms with E-state index in [1.54, 1.807) is 24.3 Å². The number of nitrogens with one attached hydrogen (secondary N) is 1. The van der Waals surface area contributed by atoms with Crippen LogP contribution in [0.15, 0.2) is 24.3 Å². The van der Waals surface area contributed by atoms with Crippen LogP contribution >= 0.6 is 11.6 Å². The summed E-state index contributed by atoms with van der Waals surface area (Å²) in [6, 6.07) is 7.10. The van der Waals surface area contributed by atoms with Gasteiger partial charge in [-0.1, -0.05) is 24.6 Å². The molecule has 0 aliphatic rings. The first-order valence-corrected chi connectivity index (χ1v) is 6.82. The van der Waals surface area contributed by atoms with Gasteiger partial charge in [-0.25, -0.2) is 0 Å². The molecule has 0 aromatic heterocycles. The van der Waals surface area contributed by atoms with Crippen molar-refractivity contribution in [2.24, 2.45) is 0 Å². The van der Waals surface area contributed by atoms with E-state index in [0.717, 1.165) is 6.42 Å². The Kier molecular flexibility index (Phi) is 7.30. The summed E-state index contributed by atoms with van der Waals surface area (Å²) in [5.41, 5.74) is 0. The van der Waals surface area contributed by atoms with Gasteiger partial charge in [0.15, 0.2) is 0 Å². The van der Waals surface area contributed by atoms with Gasteiger partial charge in [-0.15, -0.1) is 0 Å². The second kappa shape index (κ2) is 8.77. The normalized spacial score (nSPS) is 11.9. The zero-order chi connectivity index (χ0) is 14.1. The molecule has 0 saturated carbocycles. The van der Waals surface area contributed by atoms with Crippen molar-refractivity contribution in [3.63, 3.8) is 0 Å². The molecular weight excluding hydrogens is 266 g/mol. The van der Waals surface area contributed by atoms with Gasteiger partial charge in [0.2, 0.25) is 5.91 Å². The number of amides is 1. The van der Waals surface area contributed by atoms with Gasteiger partial charge in [-0.3, -0.25) is 4.79 Å². The third-order valence-electron chi connectivity index (χ3n) is 2.73. The molecular formula is C14H20ClNO3. The van der Waals surface area contributed by atoms with Crippen LogP contribution in [0.3, 0.4) is 0 Å². The van der Waals surface area contributed by atoms with Crippen LogP contribution in [-0.2, 0) is 4.79 Å². The first-order chi connectivity index (χ1) is 9.15. The number of hydrogen-bond acceptors (Lipinski definition) is 3. The molecule has 0 saturated heterocycles. The second-order valence-corrected chi connectivity index (χ2v) is 4.68. The van der Waals surface area contributed by atoms with Crippen molar-refractivity contribution >= 4 is 17.5 Å². The molecule has 1 aromatic rings. The third kappa shape index (κ3) is 6.45. The van der Waals surface area contributed by atoms with Crippen LogP contribution in [-0.4, -0.2) is 30.3 Å². The molecule has 0 bridgehead atoms. The third-order valence-corrected chi connectivity index (χ3v) is 2.96. The Balaban J connectivity index is 2.27. The maximum absolute atomic E-state index is 11.6. The number of benzene rings is 1. The second-order valence-electron chi connectivity index (χ2n) is 4.24. The molecule has 0 aliphatic heterocycles. The van der Waals surface area contributed by atoms with Crippen molar-refractivity contribution in [1.29, 1.82) is 0 Å². The molecule has 0 fully saturated rings. The summed E-state index contributed by atoms with van der Waals surface area (Å²) in [5.74, 6) is 0.588. The lowest BCUT2D eigenvalue weighted by Crippen LogP contribution is -2.35. The summed E-state index contributed by atoms with van der Waals surface area (Å²) < 4.78 is 5.44. The van der Waals surface area contributed by atoms with Crippen LogP contribution in [0.25, 0.3) is 0 Å². The molecule has 0 aliphatic carbocycles. The Morgan fingerprint density at radius 1 is 1.53 bits per heavy atom. The fourth-order valence-corrected chi connectivity index (χ4v) is 1.83. The highest BCUT2D eigenvalue weighted by atomic mass is 35.5. The van der Waals surface area contributed by atoms with E-state index in [4.69, 9.17) is 21.4 Å². The minimum absolute atomic E-state index is 0.0312. The number of ether oxygens (including phenoxy) is 1. The summed E-state index contributed by atoms with van der Waals surface area (Å²) in [6.45, 7) is 2.36. The van der Waals surface area contributed by atoms with Gasteiger partial charge in [0.1, 0.15) is 5.75 Å². The smallest absolute Gasteiger partial charge is 0.223 e. The molecule has 4 nitrogen and oxygen atoms in total. The Morgan fingerprint density at radius 2 is 2.32 bits per heavy atom. The summed E-state index contributed by atoms with van der Waals surface area (Å²) >= 11 is 5.83. The lowest BCUT2D eigenvalue weighted by atomic mass is 10.1. The van der Waals surface area contributed by atoms with Gasteiger partial charge >= 0.3 is 0 Å². The predicted molar refractivity (Wildman–Crippen MR) is 75.5 cm³/mol. The SMILES string of the molecule is CCC(CCO)NC(=O)CCOc1cccc(Cl)c1. The largest absolute Gasteiger partial charge is 0.493 e. The first-order valence-electron chi connectivity index (χ1n) is 6.44. The van der Waals surface area contributed by atoms with Crippen LogP contribution < -0.4 is 10.1 Å². The van der Waals surface area contributed by atoms with Gasteiger partial charge in [-0.2, -0.15) is 0 Å². The summed E-state index contributed by atoms with van der Waals surface area (Å²) in [4.78, 5) is 11.6.